The molecule has 2 bridgehead atoms. The van der Waals surface area contributed by atoms with E-state index in [1.54, 1.807) is 0 Å². The van der Waals surface area contributed by atoms with Crippen molar-refractivity contribution in [3.63, 3.8) is 0 Å². The van der Waals surface area contributed by atoms with Gasteiger partial charge in [0.05, 0.1) is 0 Å². The fraction of sp³-hybridized carbons (Fsp3) is 0.562. The Labute approximate surface area is 109 Å². The van der Waals surface area contributed by atoms with Crippen LogP contribution in [-0.4, -0.2) is 11.0 Å². The highest BCUT2D eigenvalue weighted by Gasteiger charge is 2.51. The zero-order valence-corrected chi connectivity index (χ0v) is 10.6. The molecule has 1 aromatic heterocycles. The number of hydrogen-bond donors (Lipinski definition) is 1. The summed E-state index contributed by atoms with van der Waals surface area (Å²) < 4.78 is 0. The van der Waals surface area contributed by atoms with Gasteiger partial charge in [-0.2, -0.15) is 0 Å². The summed E-state index contributed by atoms with van der Waals surface area (Å²) in [5.41, 5.74) is 1.30. The average molecular weight is 240 g/mol. The van der Waals surface area contributed by atoms with Gasteiger partial charge in [-0.15, -0.1) is 0 Å². The van der Waals surface area contributed by atoms with E-state index in [-0.39, 0.29) is 0 Å². The summed E-state index contributed by atoms with van der Waals surface area (Å²) >= 11 is 0. The van der Waals surface area contributed by atoms with E-state index in [2.05, 4.69) is 28.5 Å². The van der Waals surface area contributed by atoms with Gasteiger partial charge < -0.3 is 5.32 Å². The first-order valence-electron chi connectivity index (χ1n) is 7.21. The van der Waals surface area contributed by atoms with Gasteiger partial charge in [-0.3, -0.25) is 4.98 Å². The van der Waals surface area contributed by atoms with E-state index < -0.39 is 0 Å². The normalized spacial score (nSPS) is 40.3. The van der Waals surface area contributed by atoms with Gasteiger partial charge in [0.15, 0.2) is 0 Å². The third-order valence-corrected chi connectivity index (χ3v) is 5.30. The van der Waals surface area contributed by atoms with E-state index in [1.807, 2.05) is 18.5 Å². The summed E-state index contributed by atoms with van der Waals surface area (Å²) in [5.74, 6) is 3.76. The molecule has 5 atom stereocenters. The molecule has 2 saturated carbocycles. The smallest absolute Gasteiger partial charge is 0.0312 e. The molecule has 0 unspecified atom stereocenters. The first-order valence-corrected chi connectivity index (χ1v) is 7.21. The Balaban J connectivity index is 1.41. The predicted molar refractivity (Wildman–Crippen MR) is 71.8 cm³/mol. The maximum absolute atomic E-state index is 4.18. The number of nitrogens with one attached hydrogen (secondary N) is 1. The monoisotopic (exact) mass is 240 g/mol. The number of aromatic nitrogens is 1. The van der Waals surface area contributed by atoms with Crippen LogP contribution in [0.2, 0.25) is 0 Å². The van der Waals surface area contributed by atoms with Crippen molar-refractivity contribution in [3.8, 4) is 0 Å². The van der Waals surface area contributed by atoms with Gasteiger partial charge in [-0.05, 0) is 54.6 Å². The lowest BCUT2D eigenvalue weighted by molar-refractivity contribution is 0.230. The van der Waals surface area contributed by atoms with Crippen molar-refractivity contribution in [1.82, 2.24) is 10.3 Å². The van der Waals surface area contributed by atoms with E-state index in [9.17, 15) is 0 Å². The third-order valence-electron chi connectivity index (χ3n) is 5.30. The van der Waals surface area contributed by atoms with Gasteiger partial charge in [0.1, 0.15) is 0 Å². The fourth-order valence-electron chi connectivity index (χ4n) is 4.53. The summed E-state index contributed by atoms with van der Waals surface area (Å²) in [5, 5.41) is 3.77. The van der Waals surface area contributed by atoms with E-state index in [1.165, 1.54) is 24.8 Å². The van der Waals surface area contributed by atoms with Crippen molar-refractivity contribution in [3.05, 3.63) is 42.2 Å². The summed E-state index contributed by atoms with van der Waals surface area (Å²) in [6.07, 6.45) is 12.9. The molecular formula is C16H20N2. The topological polar surface area (TPSA) is 24.9 Å². The highest BCUT2D eigenvalue weighted by Crippen LogP contribution is 2.56. The Morgan fingerprint density at radius 3 is 3.17 bits per heavy atom. The van der Waals surface area contributed by atoms with E-state index in [4.69, 9.17) is 0 Å². The standard InChI is InChI=1S/C16H20N2/c1-4-13-12-7-15(14(13)5-1)16(8-12)18-10-11-3-2-6-17-9-11/h1-3,5-6,9,12-16,18H,4,7-8,10H2/t12-,13-,14-,15-,16-/m1/s1. The number of rotatable bonds is 3. The van der Waals surface area contributed by atoms with Crippen LogP contribution in [0.4, 0.5) is 0 Å². The van der Waals surface area contributed by atoms with Crippen LogP contribution in [0.25, 0.3) is 0 Å². The van der Waals surface area contributed by atoms with E-state index in [0.717, 1.165) is 36.3 Å². The quantitative estimate of drug-likeness (QED) is 0.822. The minimum absolute atomic E-state index is 0.735. The number of fused-ring (bicyclic) bond motifs is 5. The molecule has 0 spiro atoms. The van der Waals surface area contributed by atoms with Gasteiger partial charge in [0.2, 0.25) is 0 Å². The van der Waals surface area contributed by atoms with Crippen LogP contribution in [0.3, 0.4) is 0 Å². The Morgan fingerprint density at radius 2 is 2.28 bits per heavy atom. The molecule has 2 nitrogen and oxygen atoms in total. The van der Waals surface area contributed by atoms with Crippen LogP contribution in [0.1, 0.15) is 24.8 Å². The molecule has 0 radical (unpaired) electrons. The maximum atomic E-state index is 4.18. The van der Waals surface area contributed by atoms with Crippen molar-refractivity contribution < 1.29 is 0 Å². The molecule has 0 aliphatic heterocycles. The minimum Gasteiger partial charge on any atom is -0.310 e. The zero-order chi connectivity index (χ0) is 11.9. The van der Waals surface area contributed by atoms with Crippen molar-refractivity contribution in [2.45, 2.75) is 31.8 Å². The molecule has 2 heteroatoms. The lowest BCUT2D eigenvalue weighted by Crippen LogP contribution is -2.38. The first-order chi connectivity index (χ1) is 8.92. The Bertz CT molecular complexity index is 453. The average Bonchev–Trinajstić information content (AvgIpc) is 3.09. The SMILES string of the molecule is C1=C[C@@H]2[C@H](C1)[C@@H]1C[C@H]2[C@H](NCc2cccnc2)C1. The Hall–Kier alpha value is -1.15. The minimum atomic E-state index is 0.735. The molecule has 0 saturated heterocycles. The molecule has 3 aliphatic rings. The van der Waals surface area contributed by atoms with Crippen molar-refractivity contribution in [2.24, 2.45) is 23.7 Å². The largest absolute Gasteiger partial charge is 0.310 e. The summed E-state index contributed by atoms with van der Waals surface area (Å²) in [6.45, 7) is 0.975. The van der Waals surface area contributed by atoms with Crippen molar-refractivity contribution in [1.29, 1.82) is 0 Å². The highest BCUT2D eigenvalue weighted by molar-refractivity contribution is 5.16. The Kier molecular flexibility index (Phi) is 2.51. The second-order valence-corrected chi connectivity index (χ2v) is 6.15. The van der Waals surface area contributed by atoms with Crippen LogP contribution in [0.15, 0.2) is 36.7 Å². The molecule has 1 heterocycles. The van der Waals surface area contributed by atoms with Crippen molar-refractivity contribution in [2.75, 3.05) is 0 Å². The number of allylic oxidation sites excluding steroid dienone is 2. The summed E-state index contributed by atoms with van der Waals surface area (Å²) in [6, 6.07) is 4.91. The molecule has 0 amide bonds. The Morgan fingerprint density at radius 1 is 1.28 bits per heavy atom. The summed E-state index contributed by atoms with van der Waals surface area (Å²) in [4.78, 5) is 4.18. The van der Waals surface area contributed by atoms with Gasteiger partial charge >= 0.3 is 0 Å². The molecule has 18 heavy (non-hydrogen) atoms. The lowest BCUT2D eigenvalue weighted by atomic mass is 9.79. The maximum Gasteiger partial charge on any atom is 0.0312 e. The number of hydrogen-bond acceptors (Lipinski definition) is 2. The molecule has 0 aromatic carbocycles. The predicted octanol–water partition coefficient (Wildman–Crippen LogP) is 2.77. The molecular weight excluding hydrogens is 220 g/mol. The van der Waals surface area contributed by atoms with Gasteiger partial charge in [-0.1, -0.05) is 18.2 Å². The first kappa shape index (κ1) is 10.7. The van der Waals surface area contributed by atoms with Crippen molar-refractivity contribution >= 4 is 0 Å². The third kappa shape index (κ3) is 1.63. The number of nitrogens with zero attached hydrogens (tertiary/aromatic N) is 1. The fourth-order valence-corrected chi connectivity index (χ4v) is 4.53. The van der Waals surface area contributed by atoms with Crippen LogP contribution in [-0.2, 0) is 6.54 Å². The molecule has 3 aliphatic carbocycles. The second-order valence-electron chi connectivity index (χ2n) is 6.15. The van der Waals surface area contributed by atoms with Gasteiger partial charge in [0, 0.05) is 25.0 Å². The number of pyridine rings is 1. The highest BCUT2D eigenvalue weighted by atomic mass is 14.9. The van der Waals surface area contributed by atoms with E-state index >= 15 is 0 Å². The van der Waals surface area contributed by atoms with Gasteiger partial charge in [0.25, 0.3) is 0 Å². The molecule has 4 rings (SSSR count). The summed E-state index contributed by atoms with van der Waals surface area (Å²) in [7, 11) is 0. The molecule has 1 aromatic rings. The van der Waals surface area contributed by atoms with E-state index in [0.29, 0.717) is 0 Å². The molecule has 1 N–H and O–H groups in total. The molecule has 94 valence electrons. The second kappa shape index (κ2) is 4.20. The van der Waals surface area contributed by atoms with Crippen LogP contribution >= 0.6 is 0 Å². The van der Waals surface area contributed by atoms with Crippen LogP contribution < -0.4 is 5.32 Å². The zero-order valence-electron chi connectivity index (χ0n) is 10.6. The lowest BCUT2D eigenvalue weighted by Gasteiger charge is -2.31. The molecule has 2 fully saturated rings. The van der Waals surface area contributed by atoms with Crippen LogP contribution in [0, 0.1) is 23.7 Å². The van der Waals surface area contributed by atoms with Crippen LogP contribution in [0.5, 0.6) is 0 Å². The van der Waals surface area contributed by atoms with Gasteiger partial charge in [-0.25, -0.2) is 0 Å².